The predicted molar refractivity (Wildman–Crippen MR) is 110 cm³/mol. The lowest BCUT2D eigenvalue weighted by Crippen LogP contribution is -2.39. The number of amides is 1. The Balaban J connectivity index is 1.40. The van der Waals surface area contributed by atoms with E-state index in [0.29, 0.717) is 26.2 Å². The first-order chi connectivity index (χ1) is 14.1. The molecule has 7 nitrogen and oxygen atoms in total. The van der Waals surface area contributed by atoms with Crippen molar-refractivity contribution < 1.29 is 9.53 Å². The second-order valence-electron chi connectivity index (χ2n) is 7.24. The molecule has 7 heteroatoms. The molecule has 1 N–H and O–H groups in total. The number of carbonyl (C=O) groups excluding carboxylic acids is 1. The quantitative estimate of drug-likeness (QED) is 0.724. The lowest BCUT2D eigenvalue weighted by atomic mass is 10.1. The largest absolute Gasteiger partial charge is 0.492 e. The molecule has 0 bridgehead atoms. The number of hydrogen-bond donors (Lipinski definition) is 1. The highest BCUT2D eigenvalue weighted by molar-refractivity contribution is 5.78. The third-order valence-electron chi connectivity index (χ3n) is 5.16. The SMILES string of the molecule is Cc1c([C@@H](C)NC(=O)CN2CCOc3ccccc3C2)cnn1-c1ccccn1. The summed E-state index contributed by atoms with van der Waals surface area (Å²) < 4.78 is 7.57. The molecular weight excluding hydrogens is 366 g/mol. The van der Waals surface area contributed by atoms with Gasteiger partial charge in [-0.2, -0.15) is 5.10 Å². The number of fused-ring (bicyclic) bond motifs is 1. The monoisotopic (exact) mass is 391 g/mol. The van der Waals surface area contributed by atoms with Gasteiger partial charge in [0.15, 0.2) is 5.82 Å². The minimum absolute atomic E-state index is 0.0122. The molecule has 2 aromatic heterocycles. The number of nitrogens with one attached hydrogen (secondary N) is 1. The van der Waals surface area contributed by atoms with Crippen molar-refractivity contribution in [3.63, 3.8) is 0 Å². The molecule has 0 saturated carbocycles. The fourth-order valence-electron chi connectivity index (χ4n) is 3.64. The second-order valence-corrected chi connectivity index (χ2v) is 7.24. The molecule has 1 aliphatic rings. The van der Waals surface area contributed by atoms with Crippen LogP contribution >= 0.6 is 0 Å². The highest BCUT2D eigenvalue weighted by Gasteiger charge is 2.20. The highest BCUT2D eigenvalue weighted by Crippen LogP contribution is 2.22. The Morgan fingerprint density at radius 3 is 2.90 bits per heavy atom. The highest BCUT2D eigenvalue weighted by atomic mass is 16.5. The van der Waals surface area contributed by atoms with Gasteiger partial charge in [0.25, 0.3) is 0 Å². The number of ether oxygens (including phenoxy) is 1. The summed E-state index contributed by atoms with van der Waals surface area (Å²) in [5.74, 6) is 1.65. The van der Waals surface area contributed by atoms with Crippen LogP contribution < -0.4 is 10.1 Å². The zero-order valence-electron chi connectivity index (χ0n) is 16.7. The van der Waals surface area contributed by atoms with Crippen molar-refractivity contribution in [2.45, 2.75) is 26.4 Å². The summed E-state index contributed by atoms with van der Waals surface area (Å²) in [6.45, 7) is 6.29. The molecule has 1 atom stereocenters. The van der Waals surface area contributed by atoms with Gasteiger partial charge in [-0.15, -0.1) is 0 Å². The lowest BCUT2D eigenvalue weighted by molar-refractivity contribution is -0.123. The maximum atomic E-state index is 12.7. The summed E-state index contributed by atoms with van der Waals surface area (Å²) in [6.07, 6.45) is 3.54. The minimum Gasteiger partial charge on any atom is -0.492 e. The fraction of sp³-hybridized carbons (Fsp3) is 0.318. The standard InChI is InChI=1S/C22H25N5O2/c1-16(19-13-24-27(17(19)2)21-9-5-6-10-23-21)25-22(28)15-26-11-12-29-20-8-4-3-7-18(20)14-26/h3-10,13,16H,11-12,14-15H2,1-2H3,(H,25,28)/t16-/m1/s1. The Hall–Kier alpha value is -3.19. The average Bonchev–Trinajstić information content (AvgIpc) is 2.99. The number of rotatable bonds is 5. The molecule has 29 heavy (non-hydrogen) atoms. The first-order valence-electron chi connectivity index (χ1n) is 9.80. The molecule has 0 spiro atoms. The predicted octanol–water partition coefficient (Wildman–Crippen LogP) is 2.65. The number of carbonyl (C=O) groups is 1. The normalized spacial score (nSPS) is 15.1. The topological polar surface area (TPSA) is 72.3 Å². The van der Waals surface area contributed by atoms with Crippen LogP contribution in [0.25, 0.3) is 5.82 Å². The number of hydrogen-bond acceptors (Lipinski definition) is 5. The third-order valence-corrected chi connectivity index (χ3v) is 5.16. The molecule has 150 valence electrons. The van der Waals surface area contributed by atoms with Crippen LogP contribution in [0.15, 0.2) is 54.9 Å². The van der Waals surface area contributed by atoms with E-state index < -0.39 is 0 Å². The fourth-order valence-corrected chi connectivity index (χ4v) is 3.64. The smallest absolute Gasteiger partial charge is 0.234 e. The molecule has 0 radical (unpaired) electrons. The molecule has 1 amide bonds. The van der Waals surface area contributed by atoms with E-state index >= 15 is 0 Å². The van der Waals surface area contributed by atoms with E-state index in [1.54, 1.807) is 17.1 Å². The second kappa shape index (κ2) is 8.45. The van der Waals surface area contributed by atoms with Crippen molar-refractivity contribution in [2.24, 2.45) is 0 Å². The number of para-hydroxylation sites is 1. The van der Waals surface area contributed by atoms with Gasteiger partial charge in [0.05, 0.1) is 18.8 Å². The summed E-state index contributed by atoms with van der Waals surface area (Å²) >= 11 is 0. The maximum absolute atomic E-state index is 12.7. The van der Waals surface area contributed by atoms with E-state index in [4.69, 9.17) is 4.74 Å². The van der Waals surface area contributed by atoms with Crippen molar-refractivity contribution in [3.05, 3.63) is 71.7 Å². The van der Waals surface area contributed by atoms with Crippen LogP contribution in [0.5, 0.6) is 5.75 Å². The van der Waals surface area contributed by atoms with E-state index in [0.717, 1.165) is 28.4 Å². The van der Waals surface area contributed by atoms with Crippen molar-refractivity contribution >= 4 is 5.91 Å². The first kappa shape index (κ1) is 19.1. The number of pyridine rings is 1. The molecule has 0 aliphatic carbocycles. The van der Waals surface area contributed by atoms with Crippen molar-refractivity contribution in [3.8, 4) is 11.6 Å². The zero-order chi connectivity index (χ0) is 20.2. The van der Waals surface area contributed by atoms with E-state index in [2.05, 4.69) is 20.3 Å². The van der Waals surface area contributed by atoms with Gasteiger partial charge in [-0.05, 0) is 32.0 Å². The van der Waals surface area contributed by atoms with Gasteiger partial charge < -0.3 is 10.1 Å². The molecule has 0 fully saturated rings. The molecule has 4 rings (SSSR count). The summed E-state index contributed by atoms with van der Waals surface area (Å²) in [6, 6.07) is 13.6. The van der Waals surface area contributed by atoms with Crippen molar-refractivity contribution in [1.29, 1.82) is 0 Å². The lowest BCUT2D eigenvalue weighted by Gasteiger charge is -2.21. The van der Waals surface area contributed by atoms with Gasteiger partial charge in [-0.3, -0.25) is 9.69 Å². The Kier molecular flexibility index (Phi) is 5.57. The summed E-state index contributed by atoms with van der Waals surface area (Å²) in [4.78, 5) is 19.1. The number of benzene rings is 1. The summed E-state index contributed by atoms with van der Waals surface area (Å²) in [5, 5.41) is 7.54. The van der Waals surface area contributed by atoms with Crippen molar-refractivity contribution in [1.82, 2.24) is 25.0 Å². The van der Waals surface area contributed by atoms with Gasteiger partial charge in [-0.25, -0.2) is 9.67 Å². The average molecular weight is 391 g/mol. The minimum atomic E-state index is -0.143. The molecular formula is C22H25N5O2. The number of aromatic nitrogens is 3. The van der Waals surface area contributed by atoms with Crippen LogP contribution in [-0.2, 0) is 11.3 Å². The molecule has 3 heterocycles. The van der Waals surface area contributed by atoms with E-state index in [9.17, 15) is 4.79 Å². The van der Waals surface area contributed by atoms with E-state index in [1.807, 2.05) is 56.3 Å². The van der Waals surface area contributed by atoms with Crippen LogP contribution in [0.1, 0.15) is 29.8 Å². The Labute approximate surface area is 170 Å². The van der Waals surface area contributed by atoms with Crippen molar-refractivity contribution in [2.75, 3.05) is 19.7 Å². The molecule has 0 unspecified atom stereocenters. The molecule has 1 aromatic carbocycles. The van der Waals surface area contributed by atoms with Gasteiger partial charge in [0.2, 0.25) is 5.91 Å². The summed E-state index contributed by atoms with van der Waals surface area (Å²) in [5.41, 5.74) is 3.06. The Morgan fingerprint density at radius 1 is 1.24 bits per heavy atom. The number of nitrogens with zero attached hydrogens (tertiary/aromatic N) is 4. The van der Waals surface area contributed by atoms with Crippen LogP contribution in [-0.4, -0.2) is 45.3 Å². The molecule has 3 aromatic rings. The Bertz CT molecular complexity index is 986. The maximum Gasteiger partial charge on any atom is 0.234 e. The third kappa shape index (κ3) is 4.30. The van der Waals surface area contributed by atoms with Crippen LogP contribution in [0.4, 0.5) is 0 Å². The summed E-state index contributed by atoms with van der Waals surface area (Å²) in [7, 11) is 0. The van der Waals surface area contributed by atoms with Gasteiger partial charge in [-0.1, -0.05) is 24.3 Å². The molecule has 1 aliphatic heterocycles. The van der Waals surface area contributed by atoms with Gasteiger partial charge in [0, 0.05) is 36.1 Å². The van der Waals surface area contributed by atoms with E-state index in [-0.39, 0.29) is 11.9 Å². The molecule has 0 saturated heterocycles. The van der Waals surface area contributed by atoms with Crippen LogP contribution in [0, 0.1) is 6.92 Å². The Morgan fingerprint density at radius 2 is 2.07 bits per heavy atom. The van der Waals surface area contributed by atoms with Gasteiger partial charge in [0.1, 0.15) is 12.4 Å². The van der Waals surface area contributed by atoms with Gasteiger partial charge >= 0.3 is 0 Å². The van der Waals surface area contributed by atoms with Crippen LogP contribution in [0.2, 0.25) is 0 Å². The van der Waals surface area contributed by atoms with Crippen LogP contribution in [0.3, 0.4) is 0 Å². The van der Waals surface area contributed by atoms with E-state index in [1.165, 1.54) is 0 Å². The first-order valence-corrected chi connectivity index (χ1v) is 9.80. The zero-order valence-corrected chi connectivity index (χ0v) is 16.7.